The fourth-order valence-corrected chi connectivity index (χ4v) is 2.73. The van der Waals surface area contributed by atoms with Crippen LogP contribution in [0.15, 0.2) is 35.3 Å². The highest BCUT2D eigenvalue weighted by atomic mass is 127. The lowest BCUT2D eigenvalue weighted by Gasteiger charge is -2.20. The molecule has 0 amide bonds. The zero-order chi connectivity index (χ0) is 17.0. The maximum atomic E-state index is 5.45. The number of hydrogen-bond acceptors (Lipinski definition) is 4. The van der Waals surface area contributed by atoms with Crippen LogP contribution in [-0.4, -0.2) is 65.1 Å². The van der Waals surface area contributed by atoms with Crippen molar-refractivity contribution < 1.29 is 9.47 Å². The average Bonchev–Trinajstić information content (AvgIpc) is 3.07. The molecular weight excluding hydrogens is 431 g/mol. The number of nitrogens with one attached hydrogen (secondary N) is 2. The van der Waals surface area contributed by atoms with Crippen LogP contribution in [0.25, 0.3) is 0 Å². The molecule has 1 aliphatic heterocycles. The molecule has 2 N–H and O–H groups in total. The van der Waals surface area contributed by atoms with Crippen molar-refractivity contribution in [3.05, 3.63) is 30.3 Å². The van der Waals surface area contributed by atoms with E-state index in [0.29, 0.717) is 32.4 Å². The fraction of sp³-hybridized carbons (Fsp3) is 0.611. The van der Waals surface area contributed by atoms with Gasteiger partial charge in [0, 0.05) is 38.5 Å². The first-order valence-electron chi connectivity index (χ1n) is 8.75. The van der Waals surface area contributed by atoms with E-state index in [4.69, 9.17) is 9.47 Å². The van der Waals surface area contributed by atoms with Crippen molar-refractivity contribution in [1.29, 1.82) is 0 Å². The molecule has 1 aromatic rings. The van der Waals surface area contributed by atoms with Crippen LogP contribution in [0, 0.1) is 0 Å². The molecule has 2 rings (SSSR count). The van der Waals surface area contributed by atoms with Gasteiger partial charge >= 0.3 is 0 Å². The minimum Gasteiger partial charge on any atom is -0.382 e. The molecule has 0 aliphatic carbocycles. The quantitative estimate of drug-likeness (QED) is 0.255. The Morgan fingerprint density at radius 1 is 1.24 bits per heavy atom. The van der Waals surface area contributed by atoms with Crippen LogP contribution in [0.4, 0.5) is 5.69 Å². The molecule has 7 heteroatoms. The summed E-state index contributed by atoms with van der Waals surface area (Å²) in [6.45, 7) is 7.50. The summed E-state index contributed by atoms with van der Waals surface area (Å²) in [4.78, 5) is 6.99. The summed E-state index contributed by atoms with van der Waals surface area (Å²) < 4.78 is 10.4. The number of ether oxygens (including phenoxy) is 2. The Hall–Kier alpha value is -1.06. The number of anilines is 1. The molecule has 25 heavy (non-hydrogen) atoms. The normalized spacial score (nSPS) is 17.3. The van der Waals surface area contributed by atoms with Crippen molar-refractivity contribution in [3.8, 4) is 0 Å². The van der Waals surface area contributed by atoms with Gasteiger partial charge in [-0.25, -0.2) is 0 Å². The van der Waals surface area contributed by atoms with Crippen LogP contribution in [0.5, 0.6) is 0 Å². The Bertz CT molecular complexity index is 487. The van der Waals surface area contributed by atoms with Crippen LogP contribution >= 0.6 is 24.0 Å². The van der Waals surface area contributed by atoms with E-state index in [0.717, 1.165) is 32.0 Å². The Kier molecular flexibility index (Phi) is 11.6. The van der Waals surface area contributed by atoms with Gasteiger partial charge in [-0.2, -0.15) is 0 Å². The zero-order valence-corrected chi connectivity index (χ0v) is 17.6. The smallest absolute Gasteiger partial charge is 0.191 e. The first-order valence-corrected chi connectivity index (χ1v) is 8.75. The summed E-state index contributed by atoms with van der Waals surface area (Å²) in [5.41, 5.74) is 1.29. The molecule has 1 unspecified atom stereocenters. The molecular formula is C18H31IN4O2. The second-order valence-electron chi connectivity index (χ2n) is 5.78. The first-order chi connectivity index (χ1) is 11.8. The van der Waals surface area contributed by atoms with E-state index in [9.17, 15) is 0 Å². The molecule has 1 heterocycles. The van der Waals surface area contributed by atoms with Crippen LogP contribution in [0.2, 0.25) is 0 Å². The SMILES string of the molecule is CCNC(=NCCOCCOC)NC1CCN(c2ccccc2)C1.I. The van der Waals surface area contributed by atoms with Gasteiger partial charge in [0.25, 0.3) is 0 Å². The van der Waals surface area contributed by atoms with Crippen molar-refractivity contribution in [3.63, 3.8) is 0 Å². The van der Waals surface area contributed by atoms with Gasteiger partial charge in [0.1, 0.15) is 0 Å². The van der Waals surface area contributed by atoms with Gasteiger partial charge in [-0.05, 0) is 25.5 Å². The van der Waals surface area contributed by atoms with Crippen LogP contribution < -0.4 is 15.5 Å². The lowest BCUT2D eigenvalue weighted by atomic mass is 10.3. The maximum Gasteiger partial charge on any atom is 0.191 e. The zero-order valence-electron chi connectivity index (χ0n) is 15.2. The first kappa shape index (κ1) is 22.0. The molecule has 1 fully saturated rings. The van der Waals surface area contributed by atoms with Gasteiger partial charge in [0.15, 0.2) is 5.96 Å². The lowest BCUT2D eigenvalue weighted by Crippen LogP contribution is -2.44. The van der Waals surface area contributed by atoms with Crippen molar-refractivity contribution in [2.24, 2.45) is 4.99 Å². The van der Waals surface area contributed by atoms with Crippen LogP contribution in [-0.2, 0) is 9.47 Å². The van der Waals surface area contributed by atoms with Gasteiger partial charge in [0.2, 0.25) is 0 Å². The average molecular weight is 462 g/mol. The van der Waals surface area contributed by atoms with E-state index in [-0.39, 0.29) is 24.0 Å². The highest BCUT2D eigenvalue weighted by molar-refractivity contribution is 14.0. The topological polar surface area (TPSA) is 58.1 Å². The third-order valence-electron chi connectivity index (χ3n) is 3.93. The molecule has 0 radical (unpaired) electrons. The number of para-hydroxylation sites is 1. The summed E-state index contributed by atoms with van der Waals surface area (Å²) in [7, 11) is 1.68. The molecule has 0 bridgehead atoms. The van der Waals surface area contributed by atoms with Crippen molar-refractivity contribution in [2.45, 2.75) is 19.4 Å². The Morgan fingerprint density at radius 3 is 2.76 bits per heavy atom. The van der Waals surface area contributed by atoms with Gasteiger partial charge in [0.05, 0.1) is 26.4 Å². The largest absolute Gasteiger partial charge is 0.382 e. The van der Waals surface area contributed by atoms with E-state index < -0.39 is 0 Å². The Labute approximate surface area is 168 Å². The van der Waals surface area contributed by atoms with Gasteiger partial charge < -0.3 is 25.0 Å². The predicted octanol–water partition coefficient (Wildman–Crippen LogP) is 2.10. The summed E-state index contributed by atoms with van der Waals surface area (Å²) in [5.74, 6) is 0.868. The van der Waals surface area contributed by atoms with Crippen molar-refractivity contribution in [2.75, 3.05) is 58.0 Å². The number of halogens is 1. The number of aliphatic imine (C=N–C) groups is 1. The van der Waals surface area contributed by atoms with Crippen LogP contribution in [0.3, 0.4) is 0 Å². The van der Waals surface area contributed by atoms with Gasteiger partial charge in [-0.1, -0.05) is 18.2 Å². The molecule has 1 aromatic carbocycles. The maximum absolute atomic E-state index is 5.45. The van der Waals surface area contributed by atoms with Gasteiger partial charge in [-0.3, -0.25) is 4.99 Å². The summed E-state index contributed by atoms with van der Waals surface area (Å²) in [6.07, 6.45) is 1.11. The highest BCUT2D eigenvalue weighted by Gasteiger charge is 2.23. The van der Waals surface area contributed by atoms with Gasteiger partial charge in [-0.15, -0.1) is 24.0 Å². The standard InChI is InChI=1S/C18H30N4O2.HI/c1-3-19-18(20-10-12-24-14-13-23-2)21-16-9-11-22(15-16)17-7-5-4-6-8-17;/h4-8,16H,3,9-15H2,1-2H3,(H2,19,20,21);1H. The van der Waals surface area contributed by atoms with Crippen LogP contribution in [0.1, 0.15) is 13.3 Å². The predicted molar refractivity (Wildman–Crippen MR) is 114 cm³/mol. The Morgan fingerprint density at radius 2 is 2.04 bits per heavy atom. The molecule has 0 aromatic heterocycles. The molecule has 0 spiro atoms. The molecule has 1 saturated heterocycles. The van der Waals surface area contributed by atoms with E-state index in [1.807, 2.05) is 0 Å². The van der Waals surface area contributed by atoms with Crippen molar-refractivity contribution in [1.82, 2.24) is 10.6 Å². The molecule has 0 saturated carbocycles. The van der Waals surface area contributed by atoms with Crippen molar-refractivity contribution >= 4 is 35.6 Å². The number of guanidine groups is 1. The van der Waals surface area contributed by atoms with E-state index in [1.165, 1.54) is 5.69 Å². The number of methoxy groups -OCH3 is 1. The summed E-state index contributed by atoms with van der Waals surface area (Å²) in [5, 5.41) is 6.84. The summed E-state index contributed by atoms with van der Waals surface area (Å²) in [6, 6.07) is 11.0. The molecule has 1 aliphatic rings. The highest BCUT2D eigenvalue weighted by Crippen LogP contribution is 2.19. The third-order valence-corrected chi connectivity index (χ3v) is 3.93. The third kappa shape index (κ3) is 8.24. The van der Waals surface area contributed by atoms with E-state index in [2.05, 4.69) is 57.8 Å². The number of nitrogens with zero attached hydrogens (tertiary/aromatic N) is 2. The number of rotatable bonds is 9. The second-order valence-corrected chi connectivity index (χ2v) is 5.78. The second kappa shape index (κ2) is 13.2. The van der Waals surface area contributed by atoms with E-state index >= 15 is 0 Å². The Balaban J connectivity index is 0.00000312. The number of hydrogen-bond donors (Lipinski definition) is 2. The fourth-order valence-electron chi connectivity index (χ4n) is 2.73. The number of benzene rings is 1. The molecule has 1 atom stereocenters. The van der Waals surface area contributed by atoms with E-state index in [1.54, 1.807) is 7.11 Å². The summed E-state index contributed by atoms with van der Waals surface area (Å²) >= 11 is 0. The lowest BCUT2D eigenvalue weighted by molar-refractivity contribution is 0.0748. The monoisotopic (exact) mass is 462 g/mol. The molecule has 6 nitrogen and oxygen atoms in total. The minimum atomic E-state index is 0. The molecule has 142 valence electrons. The minimum absolute atomic E-state index is 0.